The molecule has 0 atom stereocenters. The zero-order valence-corrected chi connectivity index (χ0v) is 15.9. The number of phenols is 1. The van der Waals surface area contributed by atoms with Crippen LogP contribution in [-0.2, 0) is 0 Å². The number of rotatable bonds is 4. The van der Waals surface area contributed by atoms with Gasteiger partial charge in [0, 0.05) is 10.9 Å². The van der Waals surface area contributed by atoms with Crippen LogP contribution in [0, 0.1) is 5.92 Å². The quantitative estimate of drug-likeness (QED) is 0.646. The standard InChI is InChI=1S/C24H21NO4/c26-18-12-16-6-3-7-20-22(16)21(13-18)24(28)25(23(20)27)17-8-10-19(11-9-17)29-14-15-4-1-2-5-15/h3,6-13,15,26H,1-2,4-5,14H2. The van der Waals surface area contributed by atoms with Crippen LogP contribution >= 0.6 is 0 Å². The normalized spacial score (nSPS) is 16.6. The summed E-state index contributed by atoms with van der Waals surface area (Å²) < 4.78 is 5.88. The Morgan fingerprint density at radius 1 is 0.931 bits per heavy atom. The second-order valence-electron chi connectivity index (χ2n) is 7.80. The van der Waals surface area contributed by atoms with Gasteiger partial charge in [-0.15, -0.1) is 0 Å². The van der Waals surface area contributed by atoms with E-state index in [9.17, 15) is 14.7 Å². The monoisotopic (exact) mass is 387 g/mol. The smallest absolute Gasteiger partial charge is 0.266 e. The molecule has 0 radical (unpaired) electrons. The Morgan fingerprint density at radius 3 is 2.41 bits per heavy atom. The van der Waals surface area contributed by atoms with Crippen LogP contribution < -0.4 is 9.64 Å². The molecule has 146 valence electrons. The molecule has 1 saturated carbocycles. The van der Waals surface area contributed by atoms with Crippen molar-refractivity contribution in [3.63, 3.8) is 0 Å². The van der Waals surface area contributed by atoms with Gasteiger partial charge < -0.3 is 9.84 Å². The van der Waals surface area contributed by atoms with Crippen molar-refractivity contribution in [1.82, 2.24) is 0 Å². The molecule has 1 aliphatic carbocycles. The molecule has 0 spiro atoms. The molecule has 2 amide bonds. The number of benzene rings is 3. The lowest BCUT2D eigenvalue weighted by Gasteiger charge is -2.27. The molecule has 5 heteroatoms. The Labute approximate surface area is 168 Å². The van der Waals surface area contributed by atoms with E-state index in [4.69, 9.17) is 4.74 Å². The third kappa shape index (κ3) is 3.03. The van der Waals surface area contributed by atoms with Gasteiger partial charge >= 0.3 is 0 Å². The molecule has 1 heterocycles. The third-order valence-corrected chi connectivity index (χ3v) is 5.88. The molecule has 3 aromatic carbocycles. The lowest BCUT2D eigenvalue weighted by atomic mass is 9.93. The Morgan fingerprint density at radius 2 is 1.66 bits per heavy atom. The largest absolute Gasteiger partial charge is 0.508 e. The molecule has 3 aromatic rings. The van der Waals surface area contributed by atoms with E-state index in [-0.39, 0.29) is 11.7 Å². The minimum atomic E-state index is -0.436. The zero-order chi connectivity index (χ0) is 20.0. The number of nitrogens with zero attached hydrogens (tertiary/aromatic N) is 1. The van der Waals surface area contributed by atoms with Crippen LogP contribution in [-0.4, -0.2) is 23.5 Å². The van der Waals surface area contributed by atoms with Crippen LogP contribution in [0.15, 0.2) is 54.6 Å². The van der Waals surface area contributed by atoms with Crippen molar-refractivity contribution in [3.8, 4) is 11.5 Å². The van der Waals surface area contributed by atoms with Gasteiger partial charge in [0.2, 0.25) is 0 Å². The summed E-state index contributed by atoms with van der Waals surface area (Å²) >= 11 is 0. The van der Waals surface area contributed by atoms with Crippen molar-refractivity contribution in [3.05, 3.63) is 65.7 Å². The first-order valence-electron chi connectivity index (χ1n) is 9.99. The Hall–Kier alpha value is -3.34. The average molecular weight is 387 g/mol. The number of phenolic OH excluding ortho intramolecular Hbond substituents is 1. The van der Waals surface area contributed by atoms with Gasteiger partial charge in [0.15, 0.2) is 0 Å². The van der Waals surface area contributed by atoms with E-state index < -0.39 is 5.91 Å². The van der Waals surface area contributed by atoms with Crippen LogP contribution in [0.2, 0.25) is 0 Å². The van der Waals surface area contributed by atoms with E-state index in [0.29, 0.717) is 40.1 Å². The SMILES string of the molecule is O=C1c2cccc3cc(O)cc(c23)C(=O)N1c1ccc(OCC2CCCC2)cc1. The fraction of sp³-hybridized carbons (Fsp3) is 0.250. The number of imide groups is 1. The van der Waals surface area contributed by atoms with Gasteiger partial charge in [0.25, 0.3) is 11.8 Å². The van der Waals surface area contributed by atoms with E-state index >= 15 is 0 Å². The molecule has 0 bridgehead atoms. The van der Waals surface area contributed by atoms with Gasteiger partial charge in [-0.2, -0.15) is 0 Å². The van der Waals surface area contributed by atoms with Crippen LogP contribution in [0.4, 0.5) is 5.69 Å². The molecule has 29 heavy (non-hydrogen) atoms. The molecule has 1 fully saturated rings. The lowest BCUT2D eigenvalue weighted by Crippen LogP contribution is -2.40. The minimum Gasteiger partial charge on any atom is -0.508 e. The van der Waals surface area contributed by atoms with Crippen molar-refractivity contribution in [1.29, 1.82) is 0 Å². The number of hydrogen-bond donors (Lipinski definition) is 1. The molecule has 5 nitrogen and oxygen atoms in total. The van der Waals surface area contributed by atoms with Crippen LogP contribution in [0.3, 0.4) is 0 Å². The molecular weight excluding hydrogens is 366 g/mol. The summed E-state index contributed by atoms with van der Waals surface area (Å²) in [6, 6.07) is 15.3. The number of carbonyl (C=O) groups is 2. The molecule has 5 rings (SSSR count). The average Bonchev–Trinajstić information content (AvgIpc) is 3.25. The molecule has 2 aliphatic rings. The predicted octanol–water partition coefficient (Wildman–Crippen LogP) is 4.92. The van der Waals surface area contributed by atoms with E-state index in [2.05, 4.69) is 0 Å². The van der Waals surface area contributed by atoms with Crippen LogP contribution in [0.1, 0.15) is 46.4 Å². The topological polar surface area (TPSA) is 66.8 Å². The maximum atomic E-state index is 13.1. The first kappa shape index (κ1) is 17.7. The van der Waals surface area contributed by atoms with Gasteiger partial charge in [0.1, 0.15) is 11.5 Å². The molecule has 0 saturated heterocycles. The summed E-state index contributed by atoms with van der Waals surface area (Å²) in [4.78, 5) is 27.4. The van der Waals surface area contributed by atoms with Crippen molar-refractivity contribution in [2.75, 3.05) is 11.5 Å². The second kappa shape index (κ2) is 6.92. The highest BCUT2D eigenvalue weighted by molar-refractivity contribution is 6.35. The number of amides is 2. The van der Waals surface area contributed by atoms with Crippen molar-refractivity contribution in [2.24, 2.45) is 5.92 Å². The van der Waals surface area contributed by atoms with Gasteiger partial charge in [-0.25, -0.2) is 4.90 Å². The van der Waals surface area contributed by atoms with Crippen LogP contribution in [0.25, 0.3) is 10.8 Å². The highest BCUT2D eigenvalue weighted by Gasteiger charge is 2.34. The van der Waals surface area contributed by atoms with Crippen LogP contribution in [0.5, 0.6) is 11.5 Å². The predicted molar refractivity (Wildman–Crippen MR) is 111 cm³/mol. The first-order valence-corrected chi connectivity index (χ1v) is 9.99. The molecule has 1 N–H and O–H groups in total. The fourth-order valence-corrected chi connectivity index (χ4v) is 4.41. The Bertz CT molecular complexity index is 1110. The number of carbonyl (C=O) groups excluding carboxylic acids is 2. The van der Waals surface area contributed by atoms with Crippen molar-refractivity contribution in [2.45, 2.75) is 25.7 Å². The number of hydrogen-bond acceptors (Lipinski definition) is 4. The van der Waals surface area contributed by atoms with Gasteiger partial charge in [-0.1, -0.05) is 25.0 Å². The molecular formula is C24H21NO4. The summed E-state index contributed by atoms with van der Waals surface area (Å²) in [5.41, 5.74) is 1.27. The number of ether oxygens (including phenoxy) is 1. The second-order valence-corrected chi connectivity index (χ2v) is 7.80. The van der Waals surface area contributed by atoms with E-state index in [1.165, 1.54) is 31.7 Å². The van der Waals surface area contributed by atoms with Gasteiger partial charge in [-0.3, -0.25) is 9.59 Å². The molecule has 0 unspecified atom stereocenters. The van der Waals surface area contributed by atoms with E-state index in [0.717, 1.165) is 10.6 Å². The summed E-state index contributed by atoms with van der Waals surface area (Å²) in [6.45, 7) is 0.704. The summed E-state index contributed by atoms with van der Waals surface area (Å²) in [5, 5.41) is 11.3. The zero-order valence-electron chi connectivity index (χ0n) is 15.9. The number of anilines is 1. The maximum absolute atomic E-state index is 13.1. The fourth-order valence-electron chi connectivity index (χ4n) is 4.41. The highest BCUT2D eigenvalue weighted by Crippen LogP contribution is 2.35. The van der Waals surface area contributed by atoms with E-state index in [1.54, 1.807) is 48.5 Å². The first-order chi connectivity index (χ1) is 14.1. The summed E-state index contributed by atoms with van der Waals surface area (Å²) in [6.07, 6.45) is 4.98. The minimum absolute atomic E-state index is 0.00274. The van der Waals surface area contributed by atoms with Gasteiger partial charge in [-0.05, 0) is 66.6 Å². The van der Waals surface area contributed by atoms with Crippen molar-refractivity contribution >= 4 is 28.3 Å². The van der Waals surface area contributed by atoms with Gasteiger partial charge in [0.05, 0.1) is 17.9 Å². The maximum Gasteiger partial charge on any atom is 0.266 e. The Balaban J connectivity index is 1.45. The number of aromatic hydroxyl groups is 1. The highest BCUT2D eigenvalue weighted by atomic mass is 16.5. The molecule has 1 aliphatic heterocycles. The van der Waals surface area contributed by atoms with Crippen molar-refractivity contribution < 1.29 is 19.4 Å². The molecule has 0 aromatic heterocycles. The Kier molecular flexibility index (Phi) is 4.23. The van der Waals surface area contributed by atoms with E-state index in [1.807, 2.05) is 0 Å². The third-order valence-electron chi connectivity index (χ3n) is 5.88. The summed E-state index contributed by atoms with van der Waals surface area (Å²) in [7, 11) is 0. The lowest BCUT2D eigenvalue weighted by molar-refractivity contribution is 0.0893. The summed E-state index contributed by atoms with van der Waals surface area (Å²) in [5.74, 6) is 0.554.